The normalized spacial score (nSPS) is 10.7. The first-order valence-corrected chi connectivity index (χ1v) is 5.26. The van der Waals surface area contributed by atoms with Crippen LogP contribution in [0.1, 0.15) is 19.4 Å². The van der Waals surface area contributed by atoms with Crippen LogP contribution in [0.25, 0.3) is 0 Å². The van der Waals surface area contributed by atoms with Gasteiger partial charge in [0.15, 0.2) is 11.6 Å². The van der Waals surface area contributed by atoms with Crippen molar-refractivity contribution >= 4 is 0 Å². The van der Waals surface area contributed by atoms with E-state index in [0.29, 0.717) is 5.75 Å². The van der Waals surface area contributed by atoms with Crippen molar-refractivity contribution in [3.8, 4) is 5.75 Å². The number of ether oxygens (including phenoxy) is 1. The van der Waals surface area contributed by atoms with E-state index in [1.807, 2.05) is 6.07 Å². The quantitative estimate of drug-likeness (QED) is 0.742. The maximum atomic E-state index is 13.4. The first kappa shape index (κ1) is 12.0. The lowest BCUT2D eigenvalue weighted by Crippen LogP contribution is -2.22. The van der Waals surface area contributed by atoms with E-state index < -0.39 is 0 Å². The Bertz CT molecular complexity index is 310. The van der Waals surface area contributed by atoms with E-state index in [2.05, 4.69) is 18.7 Å². The van der Waals surface area contributed by atoms with Crippen LogP contribution in [-0.2, 0) is 6.54 Å². The Morgan fingerprint density at radius 3 is 2.40 bits per heavy atom. The van der Waals surface area contributed by atoms with E-state index >= 15 is 0 Å². The number of methoxy groups -OCH3 is 1. The number of rotatable bonds is 5. The maximum absolute atomic E-state index is 13.4. The molecule has 0 heterocycles. The largest absolute Gasteiger partial charge is 0.494 e. The molecule has 0 amide bonds. The highest BCUT2D eigenvalue weighted by Gasteiger charge is 2.05. The summed E-state index contributed by atoms with van der Waals surface area (Å²) < 4.78 is 18.2. The molecule has 1 rings (SSSR count). The molecule has 0 atom stereocenters. The summed E-state index contributed by atoms with van der Waals surface area (Å²) in [6.07, 6.45) is 0. The molecular formula is C12H18FNO. The van der Waals surface area contributed by atoms with Gasteiger partial charge in [0.2, 0.25) is 0 Å². The molecular weight excluding hydrogens is 193 g/mol. The molecule has 15 heavy (non-hydrogen) atoms. The van der Waals surface area contributed by atoms with Crippen LogP contribution in [0.4, 0.5) is 4.39 Å². The van der Waals surface area contributed by atoms with Gasteiger partial charge in [-0.15, -0.1) is 0 Å². The van der Waals surface area contributed by atoms with Gasteiger partial charge >= 0.3 is 0 Å². The minimum Gasteiger partial charge on any atom is -0.494 e. The van der Waals surface area contributed by atoms with Crippen molar-refractivity contribution in [2.45, 2.75) is 20.4 Å². The summed E-state index contributed by atoms with van der Waals surface area (Å²) in [5.74, 6) is 0.0143. The molecule has 2 nitrogen and oxygen atoms in total. The first-order chi connectivity index (χ1) is 7.21. The van der Waals surface area contributed by atoms with Crippen LogP contribution in [0.3, 0.4) is 0 Å². The summed E-state index contributed by atoms with van der Waals surface area (Å²) in [5, 5.41) is 0. The highest BCUT2D eigenvalue weighted by Crippen LogP contribution is 2.18. The smallest absolute Gasteiger partial charge is 0.165 e. The Morgan fingerprint density at radius 2 is 1.93 bits per heavy atom. The molecule has 0 unspecified atom stereocenters. The predicted octanol–water partition coefficient (Wildman–Crippen LogP) is 2.68. The van der Waals surface area contributed by atoms with E-state index in [1.165, 1.54) is 13.2 Å². The fourth-order valence-electron chi connectivity index (χ4n) is 1.51. The highest BCUT2D eigenvalue weighted by molar-refractivity contribution is 5.29. The summed E-state index contributed by atoms with van der Waals surface area (Å²) in [6, 6.07) is 5.12. The van der Waals surface area contributed by atoms with Crippen LogP contribution >= 0.6 is 0 Å². The lowest BCUT2D eigenvalue weighted by Gasteiger charge is -2.18. The zero-order chi connectivity index (χ0) is 11.3. The molecule has 3 heteroatoms. The van der Waals surface area contributed by atoms with Gasteiger partial charge in [-0.2, -0.15) is 0 Å². The molecule has 0 fully saturated rings. The van der Waals surface area contributed by atoms with Crippen LogP contribution in [0.2, 0.25) is 0 Å². The second-order valence-electron chi connectivity index (χ2n) is 3.43. The molecule has 0 bridgehead atoms. The lowest BCUT2D eigenvalue weighted by atomic mass is 10.2. The van der Waals surface area contributed by atoms with Gasteiger partial charge in [0.05, 0.1) is 7.11 Å². The SMILES string of the molecule is CCN(CC)Cc1ccc(OC)c(F)c1. The number of nitrogens with zero attached hydrogens (tertiary/aromatic N) is 1. The Morgan fingerprint density at radius 1 is 1.27 bits per heavy atom. The third kappa shape index (κ3) is 3.20. The molecule has 0 N–H and O–H groups in total. The molecule has 84 valence electrons. The summed E-state index contributed by atoms with van der Waals surface area (Å²) in [7, 11) is 1.47. The van der Waals surface area contributed by atoms with Crippen molar-refractivity contribution in [2.24, 2.45) is 0 Å². The topological polar surface area (TPSA) is 12.5 Å². The molecule has 1 aromatic rings. The Balaban J connectivity index is 2.74. The second kappa shape index (κ2) is 5.71. The fraction of sp³-hybridized carbons (Fsp3) is 0.500. The van der Waals surface area contributed by atoms with Gasteiger partial charge < -0.3 is 4.74 Å². The maximum Gasteiger partial charge on any atom is 0.165 e. The monoisotopic (exact) mass is 211 g/mol. The van der Waals surface area contributed by atoms with Gasteiger partial charge in [0.25, 0.3) is 0 Å². The van der Waals surface area contributed by atoms with Crippen LogP contribution in [0.15, 0.2) is 18.2 Å². The minimum atomic E-state index is -0.290. The standard InChI is InChI=1S/C12H18FNO/c1-4-14(5-2)9-10-6-7-12(15-3)11(13)8-10/h6-8H,4-5,9H2,1-3H3. The highest BCUT2D eigenvalue weighted by atomic mass is 19.1. The molecule has 1 aromatic carbocycles. The zero-order valence-electron chi connectivity index (χ0n) is 9.59. The Kier molecular flexibility index (Phi) is 4.56. The fourth-order valence-corrected chi connectivity index (χ4v) is 1.51. The summed E-state index contributed by atoms with van der Waals surface area (Å²) >= 11 is 0. The van der Waals surface area contributed by atoms with Crippen LogP contribution in [0, 0.1) is 5.82 Å². The average Bonchev–Trinajstić information content (AvgIpc) is 2.26. The molecule has 0 aliphatic carbocycles. The summed E-state index contributed by atoms with van der Waals surface area (Å²) in [5.41, 5.74) is 0.983. The van der Waals surface area contributed by atoms with Crippen LogP contribution < -0.4 is 4.74 Å². The third-order valence-corrected chi connectivity index (χ3v) is 2.52. The predicted molar refractivity (Wildman–Crippen MR) is 59.6 cm³/mol. The van der Waals surface area contributed by atoms with Crippen molar-refractivity contribution in [2.75, 3.05) is 20.2 Å². The van der Waals surface area contributed by atoms with Gasteiger partial charge in [0, 0.05) is 6.54 Å². The molecule has 0 spiro atoms. The summed E-state index contributed by atoms with van der Waals surface area (Å²) in [4.78, 5) is 2.24. The van der Waals surface area contributed by atoms with E-state index in [1.54, 1.807) is 6.07 Å². The molecule has 0 saturated heterocycles. The molecule has 0 saturated carbocycles. The molecule has 0 aromatic heterocycles. The van der Waals surface area contributed by atoms with Gasteiger partial charge in [-0.25, -0.2) is 4.39 Å². The van der Waals surface area contributed by atoms with Crippen LogP contribution in [0.5, 0.6) is 5.75 Å². The summed E-state index contributed by atoms with van der Waals surface area (Å²) in [6.45, 7) is 6.94. The van der Waals surface area contributed by atoms with Crippen molar-refractivity contribution in [1.29, 1.82) is 0 Å². The number of benzene rings is 1. The van der Waals surface area contributed by atoms with E-state index in [4.69, 9.17) is 4.74 Å². The third-order valence-electron chi connectivity index (χ3n) is 2.52. The van der Waals surface area contributed by atoms with Gasteiger partial charge in [0.1, 0.15) is 0 Å². The van der Waals surface area contributed by atoms with Gasteiger partial charge in [-0.1, -0.05) is 19.9 Å². The van der Waals surface area contributed by atoms with Gasteiger partial charge in [-0.05, 0) is 30.8 Å². The van der Waals surface area contributed by atoms with Crippen molar-refractivity contribution in [3.63, 3.8) is 0 Å². The van der Waals surface area contributed by atoms with Gasteiger partial charge in [-0.3, -0.25) is 4.90 Å². The van der Waals surface area contributed by atoms with E-state index in [-0.39, 0.29) is 5.82 Å². The average molecular weight is 211 g/mol. The number of hydrogen-bond acceptors (Lipinski definition) is 2. The first-order valence-electron chi connectivity index (χ1n) is 5.26. The van der Waals surface area contributed by atoms with E-state index in [9.17, 15) is 4.39 Å². The minimum absolute atomic E-state index is 0.290. The number of halogens is 1. The molecule has 0 aliphatic rings. The molecule has 0 aliphatic heterocycles. The number of hydrogen-bond donors (Lipinski definition) is 0. The van der Waals surface area contributed by atoms with E-state index in [0.717, 1.165) is 25.2 Å². The van der Waals surface area contributed by atoms with Crippen molar-refractivity contribution < 1.29 is 9.13 Å². The Hall–Kier alpha value is -1.09. The zero-order valence-corrected chi connectivity index (χ0v) is 9.59. The lowest BCUT2D eigenvalue weighted by molar-refractivity contribution is 0.295. The van der Waals surface area contributed by atoms with Crippen molar-refractivity contribution in [3.05, 3.63) is 29.6 Å². The Labute approximate surface area is 90.7 Å². The molecule has 0 radical (unpaired) electrons. The van der Waals surface area contributed by atoms with Crippen LogP contribution in [-0.4, -0.2) is 25.1 Å². The van der Waals surface area contributed by atoms with Crippen molar-refractivity contribution in [1.82, 2.24) is 4.90 Å². The second-order valence-corrected chi connectivity index (χ2v) is 3.43.